The van der Waals surface area contributed by atoms with Crippen LogP contribution < -0.4 is 0 Å². The highest BCUT2D eigenvalue weighted by atomic mass is 35.5. The highest BCUT2D eigenvalue weighted by Gasteiger charge is 2.35. The van der Waals surface area contributed by atoms with Crippen LogP contribution in [0.2, 0.25) is 5.15 Å². The number of likely N-dealkylation sites (tertiary alicyclic amines) is 1. The van der Waals surface area contributed by atoms with Crippen LogP contribution in [0.5, 0.6) is 0 Å². The van der Waals surface area contributed by atoms with Crippen LogP contribution >= 0.6 is 11.6 Å². The third kappa shape index (κ3) is 3.23. The fourth-order valence-electron chi connectivity index (χ4n) is 2.76. The summed E-state index contributed by atoms with van der Waals surface area (Å²) in [5, 5.41) is 4.78. The molecule has 0 spiro atoms. The van der Waals surface area contributed by atoms with Crippen molar-refractivity contribution in [2.45, 2.75) is 32.7 Å². The minimum absolute atomic E-state index is 0.0239. The Labute approximate surface area is 130 Å². The van der Waals surface area contributed by atoms with E-state index in [0.29, 0.717) is 11.7 Å². The maximum atomic E-state index is 12.3. The lowest BCUT2D eigenvalue weighted by molar-refractivity contribution is -0.129. The molecule has 118 valence electrons. The molecule has 0 aliphatic carbocycles. The van der Waals surface area contributed by atoms with Crippen molar-refractivity contribution in [3.05, 3.63) is 16.4 Å². The summed E-state index contributed by atoms with van der Waals surface area (Å²) in [6.07, 6.45) is 1.62. The maximum Gasteiger partial charge on any atom is 0.238 e. The Hall–Kier alpha value is -1.08. The van der Waals surface area contributed by atoms with Gasteiger partial charge in [-0.3, -0.25) is 9.48 Å². The minimum atomic E-state index is -3.32. The largest absolute Gasteiger partial charge is 0.335 e. The lowest BCUT2D eigenvalue weighted by Crippen LogP contribution is -2.36. The number of hydrogen-bond donors (Lipinski definition) is 0. The third-order valence-corrected chi connectivity index (χ3v) is 5.90. The Kier molecular flexibility index (Phi) is 4.63. The number of hydrogen-bond acceptors (Lipinski definition) is 4. The van der Waals surface area contributed by atoms with Gasteiger partial charge in [-0.2, -0.15) is 5.10 Å². The number of carbonyl (C=O) groups excluding carboxylic acids is 1. The average molecular weight is 334 g/mol. The highest BCUT2D eigenvalue weighted by molar-refractivity contribution is 7.92. The summed E-state index contributed by atoms with van der Waals surface area (Å²) in [5.74, 6) is -0.806. The Morgan fingerprint density at radius 1 is 1.48 bits per heavy atom. The van der Waals surface area contributed by atoms with Crippen LogP contribution in [0.4, 0.5) is 0 Å². The predicted octanol–water partition coefficient (Wildman–Crippen LogP) is 1.48. The van der Waals surface area contributed by atoms with Crippen molar-refractivity contribution in [2.75, 3.05) is 18.1 Å². The first-order chi connectivity index (χ1) is 9.76. The molecule has 1 aliphatic rings. The topological polar surface area (TPSA) is 72.3 Å². The van der Waals surface area contributed by atoms with Gasteiger partial charge in [0, 0.05) is 24.9 Å². The van der Waals surface area contributed by atoms with E-state index in [1.165, 1.54) is 0 Å². The monoisotopic (exact) mass is 333 g/mol. The van der Waals surface area contributed by atoms with E-state index in [1.807, 2.05) is 6.92 Å². The van der Waals surface area contributed by atoms with Crippen LogP contribution in [0, 0.1) is 6.92 Å². The number of aryl methyl sites for hydroxylation is 2. The quantitative estimate of drug-likeness (QED) is 0.836. The summed E-state index contributed by atoms with van der Waals surface area (Å²) >= 11 is 6.27. The number of rotatable bonds is 4. The highest BCUT2D eigenvalue weighted by Crippen LogP contribution is 2.37. The van der Waals surface area contributed by atoms with Crippen LogP contribution in [-0.4, -0.2) is 47.1 Å². The van der Waals surface area contributed by atoms with Gasteiger partial charge >= 0.3 is 0 Å². The molecular formula is C13H20ClN3O3S. The summed E-state index contributed by atoms with van der Waals surface area (Å²) < 4.78 is 24.9. The Morgan fingerprint density at radius 2 is 2.14 bits per heavy atom. The lowest BCUT2D eigenvalue weighted by atomic mass is 10.1. The van der Waals surface area contributed by atoms with Gasteiger partial charge in [-0.05, 0) is 19.8 Å². The second-order valence-corrected chi connectivity index (χ2v) is 8.05. The lowest BCUT2D eigenvalue weighted by Gasteiger charge is -2.25. The van der Waals surface area contributed by atoms with E-state index in [2.05, 4.69) is 5.10 Å². The normalized spacial score (nSPS) is 19.2. The molecule has 1 aromatic rings. The molecule has 0 unspecified atom stereocenters. The molecule has 2 rings (SSSR count). The second-order valence-electron chi connectivity index (χ2n) is 5.34. The zero-order valence-corrected chi connectivity index (χ0v) is 14.0. The molecule has 1 aliphatic heterocycles. The number of halogens is 1. The number of carbonyl (C=O) groups is 1. The van der Waals surface area contributed by atoms with E-state index in [4.69, 9.17) is 11.6 Å². The van der Waals surface area contributed by atoms with E-state index < -0.39 is 15.6 Å². The van der Waals surface area contributed by atoms with Crippen molar-refractivity contribution in [1.82, 2.24) is 14.7 Å². The number of nitrogens with zero attached hydrogens (tertiary/aromatic N) is 3. The molecule has 1 amide bonds. The molecule has 0 radical (unpaired) electrons. The van der Waals surface area contributed by atoms with Gasteiger partial charge in [-0.25, -0.2) is 8.42 Å². The van der Waals surface area contributed by atoms with Crippen molar-refractivity contribution >= 4 is 27.3 Å². The molecule has 2 heterocycles. The van der Waals surface area contributed by atoms with Crippen molar-refractivity contribution in [1.29, 1.82) is 0 Å². The van der Waals surface area contributed by atoms with Crippen molar-refractivity contribution in [3.8, 4) is 0 Å². The first-order valence-electron chi connectivity index (χ1n) is 6.95. The van der Waals surface area contributed by atoms with E-state index in [1.54, 1.807) is 23.6 Å². The Morgan fingerprint density at radius 3 is 2.67 bits per heavy atom. The maximum absolute atomic E-state index is 12.3. The van der Waals surface area contributed by atoms with Crippen LogP contribution in [-0.2, 0) is 21.7 Å². The first-order valence-corrected chi connectivity index (χ1v) is 9.15. The Bertz CT molecular complexity index is 654. The summed E-state index contributed by atoms with van der Waals surface area (Å²) in [4.78, 5) is 13.9. The van der Waals surface area contributed by atoms with Gasteiger partial charge in [0.2, 0.25) is 5.91 Å². The van der Waals surface area contributed by atoms with Crippen molar-refractivity contribution in [3.63, 3.8) is 0 Å². The minimum Gasteiger partial charge on any atom is -0.335 e. The molecule has 6 nitrogen and oxygen atoms in total. The molecule has 1 aromatic heterocycles. The zero-order chi connectivity index (χ0) is 15.8. The van der Waals surface area contributed by atoms with Gasteiger partial charge in [0.15, 0.2) is 9.84 Å². The molecule has 0 saturated carbocycles. The summed E-state index contributed by atoms with van der Waals surface area (Å²) in [5.41, 5.74) is 1.62. The van der Waals surface area contributed by atoms with Gasteiger partial charge in [0.05, 0.1) is 11.7 Å². The molecular weight excluding hydrogens is 314 g/mol. The van der Waals surface area contributed by atoms with Crippen molar-refractivity contribution in [2.24, 2.45) is 7.05 Å². The molecule has 1 saturated heterocycles. The van der Waals surface area contributed by atoms with Gasteiger partial charge in [0.1, 0.15) is 10.9 Å². The van der Waals surface area contributed by atoms with Crippen LogP contribution in [0.25, 0.3) is 0 Å². The third-order valence-electron chi connectivity index (χ3n) is 3.89. The molecule has 8 heteroatoms. The first kappa shape index (κ1) is 16.3. The number of sulfone groups is 1. The van der Waals surface area contributed by atoms with Gasteiger partial charge < -0.3 is 4.90 Å². The number of aromatic nitrogens is 2. The van der Waals surface area contributed by atoms with Crippen LogP contribution in [0.1, 0.15) is 37.1 Å². The van der Waals surface area contributed by atoms with Crippen molar-refractivity contribution < 1.29 is 13.2 Å². The van der Waals surface area contributed by atoms with Crippen LogP contribution in [0.3, 0.4) is 0 Å². The fourth-order valence-corrected chi connectivity index (χ4v) is 3.81. The van der Waals surface area contributed by atoms with E-state index in [-0.39, 0.29) is 17.7 Å². The van der Waals surface area contributed by atoms with Gasteiger partial charge in [-0.15, -0.1) is 0 Å². The van der Waals surface area contributed by atoms with E-state index >= 15 is 0 Å². The standard InChI is InChI=1S/C13H20ClN3O3S/c1-4-21(19,20)8-11(18)17-7-5-6-10(17)12-9(2)15-16(3)13(12)14/h10H,4-8H2,1-3H3/t10-/m0/s1. The molecule has 1 atom stereocenters. The zero-order valence-electron chi connectivity index (χ0n) is 12.5. The summed E-state index contributed by atoms with van der Waals surface area (Å²) in [7, 11) is -1.57. The molecule has 21 heavy (non-hydrogen) atoms. The molecule has 0 aromatic carbocycles. The summed E-state index contributed by atoms with van der Waals surface area (Å²) in [6.45, 7) is 3.96. The predicted molar refractivity (Wildman–Crippen MR) is 81.0 cm³/mol. The average Bonchev–Trinajstić information content (AvgIpc) is 2.95. The molecule has 0 N–H and O–H groups in total. The summed E-state index contributed by atoms with van der Waals surface area (Å²) in [6, 6.07) is -0.175. The van der Waals surface area contributed by atoms with Gasteiger partial charge in [0.25, 0.3) is 0 Å². The van der Waals surface area contributed by atoms with E-state index in [9.17, 15) is 13.2 Å². The Balaban J connectivity index is 2.27. The smallest absolute Gasteiger partial charge is 0.238 e. The second kappa shape index (κ2) is 5.96. The SMILES string of the molecule is CCS(=O)(=O)CC(=O)N1CCC[C@H]1c1c(C)nn(C)c1Cl. The number of amides is 1. The fraction of sp³-hybridized carbons (Fsp3) is 0.692. The molecule has 1 fully saturated rings. The van der Waals surface area contributed by atoms with Gasteiger partial charge in [-0.1, -0.05) is 18.5 Å². The molecule has 0 bridgehead atoms. The van der Waals surface area contributed by atoms with E-state index in [0.717, 1.165) is 24.1 Å². The van der Waals surface area contributed by atoms with Crippen LogP contribution in [0.15, 0.2) is 0 Å².